The fraction of sp³-hybridized carbons (Fsp3) is 0.333. The van der Waals surface area contributed by atoms with Crippen molar-refractivity contribution in [3.8, 4) is 0 Å². The summed E-state index contributed by atoms with van der Waals surface area (Å²) < 4.78 is 5.05. The molecule has 0 atom stereocenters. The number of hydrogen-bond acceptors (Lipinski definition) is 1. The van der Waals surface area contributed by atoms with Crippen molar-refractivity contribution in [3.05, 3.63) is 33.8 Å². The Kier molecular flexibility index (Phi) is 2.45. The first-order chi connectivity index (χ1) is 6.12. The van der Waals surface area contributed by atoms with E-state index in [1.807, 2.05) is 6.07 Å². The summed E-state index contributed by atoms with van der Waals surface area (Å²) in [5.74, 6) is 0. The van der Waals surface area contributed by atoms with E-state index in [1.54, 1.807) is 12.1 Å². The normalized spacial score (nSPS) is 19.6. The van der Waals surface area contributed by atoms with Crippen LogP contribution in [0.25, 0.3) is 0 Å². The quantitative estimate of drug-likeness (QED) is 0.680. The molecule has 1 nitrogen and oxygen atoms in total. The summed E-state index contributed by atoms with van der Waals surface area (Å²) in [6.45, 7) is 1.02. The Morgan fingerprint density at radius 3 is 2.38 bits per heavy atom. The van der Waals surface area contributed by atoms with Crippen LogP contribution in [0.4, 0.5) is 0 Å². The summed E-state index contributed by atoms with van der Waals surface area (Å²) in [7, 11) is 0. The standard InChI is InChI=1S/C9H7Cl3O/c10-6-1-2-7(8(11)3-6)9(12)4-13-5-9/h1-3H,4-5H2. The van der Waals surface area contributed by atoms with Gasteiger partial charge in [0.2, 0.25) is 0 Å². The van der Waals surface area contributed by atoms with Gasteiger partial charge in [-0.25, -0.2) is 0 Å². The first-order valence-corrected chi connectivity index (χ1v) is 4.97. The van der Waals surface area contributed by atoms with Crippen LogP contribution in [0.3, 0.4) is 0 Å². The molecule has 1 aromatic carbocycles. The topological polar surface area (TPSA) is 9.23 Å². The van der Waals surface area contributed by atoms with E-state index in [9.17, 15) is 0 Å². The SMILES string of the molecule is Clc1ccc(C2(Cl)COC2)c(Cl)c1. The third kappa shape index (κ3) is 1.66. The lowest BCUT2D eigenvalue weighted by Gasteiger charge is -2.36. The lowest BCUT2D eigenvalue weighted by molar-refractivity contribution is -0.0151. The van der Waals surface area contributed by atoms with Crippen LogP contribution in [-0.4, -0.2) is 13.2 Å². The zero-order chi connectivity index (χ0) is 9.47. The van der Waals surface area contributed by atoms with E-state index in [0.29, 0.717) is 23.3 Å². The van der Waals surface area contributed by atoms with E-state index < -0.39 is 4.87 Å². The molecule has 0 aliphatic carbocycles. The number of hydrogen-bond donors (Lipinski definition) is 0. The highest BCUT2D eigenvalue weighted by Crippen LogP contribution is 2.40. The van der Waals surface area contributed by atoms with Crippen molar-refractivity contribution >= 4 is 34.8 Å². The molecule has 4 heteroatoms. The Labute approximate surface area is 91.5 Å². The molecular formula is C9H7Cl3O. The molecule has 2 rings (SSSR count). The Hall–Kier alpha value is 0.0500. The maximum absolute atomic E-state index is 6.24. The average molecular weight is 238 g/mol. The molecule has 0 bridgehead atoms. The number of benzene rings is 1. The van der Waals surface area contributed by atoms with Gasteiger partial charge >= 0.3 is 0 Å². The Bertz CT molecular complexity index is 334. The minimum atomic E-state index is -0.443. The molecule has 13 heavy (non-hydrogen) atoms. The molecular weight excluding hydrogens is 230 g/mol. The van der Waals surface area contributed by atoms with Gasteiger partial charge in [-0.05, 0) is 17.7 Å². The molecule has 0 N–H and O–H groups in total. The Balaban J connectivity index is 2.40. The summed E-state index contributed by atoms with van der Waals surface area (Å²) in [6, 6.07) is 5.33. The second-order valence-electron chi connectivity index (χ2n) is 3.08. The average Bonchev–Trinajstić information content (AvgIpc) is 2.00. The highest BCUT2D eigenvalue weighted by molar-refractivity contribution is 6.36. The lowest BCUT2D eigenvalue weighted by atomic mass is 9.96. The molecule has 1 aromatic rings. The predicted octanol–water partition coefficient (Wildman–Crippen LogP) is 3.46. The third-order valence-electron chi connectivity index (χ3n) is 2.08. The molecule has 1 saturated heterocycles. The van der Waals surface area contributed by atoms with Gasteiger partial charge in [0.25, 0.3) is 0 Å². The summed E-state index contributed by atoms with van der Waals surface area (Å²) in [5.41, 5.74) is 0.895. The van der Waals surface area contributed by atoms with Gasteiger partial charge in [-0.1, -0.05) is 29.3 Å². The number of rotatable bonds is 1. The molecule has 0 unspecified atom stereocenters. The van der Waals surface area contributed by atoms with Gasteiger partial charge < -0.3 is 4.74 Å². The van der Waals surface area contributed by atoms with Gasteiger partial charge in [-0.2, -0.15) is 0 Å². The fourth-order valence-electron chi connectivity index (χ4n) is 1.29. The fourth-order valence-corrected chi connectivity index (χ4v) is 2.25. The largest absolute Gasteiger partial charge is 0.377 e. The van der Waals surface area contributed by atoms with Crippen LogP contribution in [-0.2, 0) is 9.61 Å². The van der Waals surface area contributed by atoms with Gasteiger partial charge in [0.15, 0.2) is 0 Å². The zero-order valence-electron chi connectivity index (χ0n) is 6.69. The van der Waals surface area contributed by atoms with Crippen molar-refractivity contribution < 1.29 is 4.74 Å². The Morgan fingerprint density at radius 2 is 1.92 bits per heavy atom. The van der Waals surface area contributed by atoms with Crippen LogP contribution in [0.1, 0.15) is 5.56 Å². The zero-order valence-corrected chi connectivity index (χ0v) is 8.96. The van der Waals surface area contributed by atoms with E-state index >= 15 is 0 Å². The van der Waals surface area contributed by atoms with Crippen molar-refractivity contribution in [2.45, 2.75) is 4.87 Å². The summed E-state index contributed by atoms with van der Waals surface area (Å²) in [6.07, 6.45) is 0. The monoisotopic (exact) mass is 236 g/mol. The molecule has 0 radical (unpaired) electrons. The van der Waals surface area contributed by atoms with E-state index in [1.165, 1.54) is 0 Å². The van der Waals surface area contributed by atoms with Gasteiger partial charge in [-0.15, -0.1) is 11.6 Å². The van der Waals surface area contributed by atoms with E-state index in [0.717, 1.165) is 5.56 Å². The highest BCUT2D eigenvalue weighted by atomic mass is 35.5. The summed E-state index contributed by atoms with van der Waals surface area (Å²) in [5, 5.41) is 1.22. The van der Waals surface area contributed by atoms with Crippen LogP contribution in [0, 0.1) is 0 Å². The summed E-state index contributed by atoms with van der Waals surface area (Å²) in [4.78, 5) is -0.443. The van der Waals surface area contributed by atoms with Gasteiger partial charge in [0, 0.05) is 10.0 Å². The molecule has 0 amide bonds. The first-order valence-electron chi connectivity index (χ1n) is 3.84. The van der Waals surface area contributed by atoms with Gasteiger partial charge in [0.05, 0.1) is 13.2 Å². The minimum absolute atomic E-state index is 0.443. The lowest BCUT2D eigenvalue weighted by Crippen LogP contribution is -2.41. The molecule has 1 aliphatic heterocycles. The maximum atomic E-state index is 6.24. The Morgan fingerprint density at radius 1 is 1.23 bits per heavy atom. The number of alkyl halides is 1. The van der Waals surface area contributed by atoms with E-state index in [2.05, 4.69) is 0 Å². The van der Waals surface area contributed by atoms with Crippen molar-refractivity contribution in [2.24, 2.45) is 0 Å². The number of halogens is 3. The molecule has 1 heterocycles. The minimum Gasteiger partial charge on any atom is -0.377 e. The highest BCUT2D eigenvalue weighted by Gasteiger charge is 2.39. The van der Waals surface area contributed by atoms with Crippen LogP contribution in [0.15, 0.2) is 18.2 Å². The second kappa shape index (κ2) is 3.32. The molecule has 0 spiro atoms. The van der Waals surface area contributed by atoms with Crippen LogP contribution < -0.4 is 0 Å². The second-order valence-corrected chi connectivity index (χ2v) is 4.65. The summed E-state index contributed by atoms with van der Waals surface area (Å²) >= 11 is 18.0. The smallest absolute Gasteiger partial charge is 0.117 e. The van der Waals surface area contributed by atoms with Crippen molar-refractivity contribution in [3.63, 3.8) is 0 Å². The first kappa shape index (κ1) is 9.60. The van der Waals surface area contributed by atoms with Gasteiger partial charge in [-0.3, -0.25) is 0 Å². The third-order valence-corrected chi connectivity index (χ3v) is 3.05. The van der Waals surface area contributed by atoms with E-state index in [-0.39, 0.29) is 0 Å². The molecule has 70 valence electrons. The van der Waals surface area contributed by atoms with Crippen molar-refractivity contribution in [2.75, 3.05) is 13.2 Å². The van der Waals surface area contributed by atoms with Gasteiger partial charge in [0.1, 0.15) is 4.87 Å². The molecule has 1 fully saturated rings. The van der Waals surface area contributed by atoms with Crippen LogP contribution >= 0.6 is 34.8 Å². The molecule has 1 aliphatic rings. The molecule has 0 saturated carbocycles. The molecule has 0 aromatic heterocycles. The van der Waals surface area contributed by atoms with Crippen molar-refractivity contribution in [1.29, 1.82) is 0 Å². The predicted molar refractivity (Wildman–Crippen MR) is 54.8 cm³/mol. The van der Waals surface area contributed by atoms with Crippen LogP contribution in [0.2, 0.25) is 10.0 Å². The van der Waals surface area contributed by atoms with Crippen LogP contribution in [0.5, 0.6) is 0 Å². The maximum Gasteiger partial charge on any atom is 0.117 e. The number of ether oxygens (including phenoxy) is 1. The van der Waals surface area contributed by atoms with E-state index in [4.69, 9.17) is 39.5 Å². The van der Waals surface area contributed by atoms with Crippen molar-refractivity contribution in [1.82, 2.24) is 0 Å².